The van der Waals surface area contributed by atoms with Crippen molar-refractivity contribution in [2.24, 2.45) is 0 Å². The highest BCUT2D eigenvalue weighted by Gasteiger charge is 2.15. The minimum absolute atomic E-state index is 0.443. The highest BCUT2D eigenvalue weighted by molar-refractivity contribution is 9.10. The highest BCUT2D eigenvalue weighted by Crippen LogP contribution is 2.40. The summed E-state index contributed by atoms with van der Waals surface area (Å²) in [6.45, 7) is 0.443. The molecule has 0 atom stereocenters. The topological polar surface area (TPSA) is 47.1 Å². The van der Waals surface area contributed by atoms with E-state index >= 15 is 0 Å². The molecular formula is C21H16Br2N2O2. The summed E-state index contributed by atoms with van der Waals surface area (Å²) in [6, 6.07) is 19.9. The molecule has 0 aliphatic heterocycles. The van der Waals surface area contributed by atoms with Gasteiger partial charge in [0.2, 0.25) is 0 Å². The molecule has 0 saturated heterocycles. The number of nitrogens with zero attached hydrogens (tertiary/aromatic N) is 1. The van der Waals surface area contributed by atoms with Gasteiger partial charge in [-0.2, -0.15) is 0 Å². The average molecular weight is 488 g/mol. The van der Waals surface area contributed by atoms with Gasteiger partial charge in [-0.25, -0.2) is 4.98 Å². The molecule has 6 heteroatoms. The van der Waals surface area contributed by atoms with Gasteiger partial charge in [-0.3, -0.25) is 0 Å². The zero-order chi connectivity index (χ0) is 18.8. The predicted octanol–water partition coefficient (Wildman–Crippen LogP) is 6.34. The van der Waals surface area contributed by atoms with Gasteiger partial charge in [0.1, 0.15) is 12.4 Å². The minimum Gasteiger partial charge on any atom is -0.493 e. The van der Waals surface area contributed by atoms with Gasteiger partial charge >= 0.3 is 0 Å². The normalized spacial score (nSPS) is 10.9. The van der Waals surface area contributed by atoms with E-state index in [0.29, 0.717) is 18.1 Å². The maximum absolute atomic E-state index is 6.03. The van der Waals surface area contributed by atoms with Crippen LogP contribution in [-0.4, -0.2) is 17.1 Å². The van der Waals surface area contributed by atoms with Crippen molar-refractivity contribution in [3.63, 3.8) is 0 Å². The standard InChI is InChI=1S/C21H16Br2N2O2/c1-26-19-11-14(21-24-17-7-2-3-8-18(17)25-21)10-16(23)20(19)27-12-13-5-4-6-15(22)9-13/h2-11H,12H2,1H3,(H,24,25). The molecule has 1 aromatic heterocycles. The second-order valence-corrected chi connectivity index (χ2v) is 7.78. The fraction of sp³-hybridized carbons (Fsp3) is 0.0952. The number of hydrogen-bond donors (Lipinski definition) is 1. The summed E-state index contributed by atoms with van der Waals surface area (Å²) in [5.74, 6) is 2.10. The van der Waals surface area contributed by atoms with Crippen molar-refractivity contribution < 1.29 is 9.47 Å². The Labute approximate surface area is 173 Å². The zero-order valence-electron chi connectivity index (χ0n) is 14.5. The molecule has 0 spiro atoms. The van der Waals surface area contributed by atoms with Crippen molar-refractivity contribution in [1.82, 2.24) is 9.97 Å². The van der Waals surface area contributed by atoms with Gasteiger partial charge in [-0.1, -0.05) is 40.2 Å². The van der Waals surface area contributed by atoms with Crippen LogP contribution >= 0.6 is 31.9 Å². The lowest BCUT2D eigenvalue weighted by molar-refractivity contribution is 0.282. The molecule has 0 amide bonds. The van der Waals surface area contributed by atoms with E-state index in [4.69, 9.17) is 9.47 Å². The van der Waals surface area contributed by atoms with Crippen molar-refractivity contribution >= 4 is 42.9 Å². The molecule has 136 valence electrons. The summed E-state index contributed by atoms with van der Waals surface area (Å²) < 4.78 is 13.4. The van der Waals surface area contributed by atoms with Gasteiger partial charge in [0.15, 0.2) is 11.5 Å². The Morgan fingerprint density at radius 1 is 1.00 bits per heavy atom. The molecule has 0 saturated carbocycles. The quantitative estimate of drug-likeness (QED) is 0.357. The highest BCUT2D eigenvalue weighted by atomic mass is 79.9. The SMILES string of the molecule is COc1cc(-c2nc3ccccc3[nH]2)cc(Br)c1OCc1cccc(Br)c1. The van der Waals surface area contributed by atoms with Crippen molar-refractivity contribution in [2.75, 3.05) is 7.11 Å². The Hall–Kier alpha value is -2.31. The van der Waals surface area contributed by atoms with E-state index in [1.165, 1.54) is 0 Å². The number of nitrogens with one attached hydrogen (secondary N) is 1. The van der Waals surface area contributed by atoms with E-state index in [9.17, 15) is 0 Å². The molecule has 0 fully saturated rings. The monoisotopic (exact) mass is 486 g/mol. The zero-order valence-corrected chi connectivity index (χ0v) is 17.7. The molecule has 1 heterocycles. The molecule has 27 heavy (non-hydrogen) atoms. The third-order valence-corrected chi connectivity index (χ3v) is 5.25. The van der Waals surface area contributed by atoms with E-state index < -0.39 is 0 Å². The Morgan fingerprint density at radius 3 is 2.63 bits per heavy atom. The van der Waals surface area contributed by atoms with Crippen molar-refractivity contribution in [3.8, 4) is 22.9 Å². The van der Waals surface area contributed by atoms with Gasteiger partial charge in [0.05, 0.1) is 22.6 Å². The number of methoxy groups -OCH3 is 1. The molecule has 3 aromatic carbocycles. The Balaban J connectivity index is 1.65. The Bertz CT molecular complexity index is 1080. The number of para-hydroxylation sites is 2. The number of aromatic nitrogens is 2. The lowest BCUT2D eigenvalue weighted by atomic mass is 10.2. The average Bonchev–Trinajstić information content (AvgIpc) is 3.11. The number of halogens is 2. The Kier molecular flexibility index (Phi) is 5.18. The first-order valence-electron chi connectivity index (χ1n) is 8.34. The van der Waals surface area contributed by atoms with Crippen LogP contribution in [-0.2, 0) is 6.61 Å². The van der Waals surface area contributed by atoms with Crippen LogP contribution in [0.4, 0.5) is 0 Å². The molecule has 0 bridgehead atoms. The predicted molar refractivity (Wildman–Crippen MR) is 114 cm³/mol. The number of rotatable bonds is 5. The summed E-state index contributed by atoms with van der Waals surface area (Å²) in [7, 11) is 1.64. The van der Waals surface area contributed by atoms with Crippen LogP contribution in [0.2, 0.25) is 0 Å². The number of benzene rings is 3. The lowest BCUT2D eigenvalue weighted by Crippen LogP contribution is -1.99. The fourth-order valence-corrected chi connectivity index (χ4v) is 3.87. The number of H-pyrrole nitrogens is 1. The molecule has 4 nitrogen and oxygen atoms in total. The van der Waals surface area contributed by atoms with Gasteiger partial charge in [-0.05, 0) is 57.9 Å². The summed E-state index contributed by atoms with van der Waals surface area (Å²) >= 11 is 7.09. The third kappa shape index (κ3) is 3.87. The number of aromatic amines is 1. The van der Waals surface area contributed by atoms with E-state index in [0.717, 1.165) is 36.9 Å². The van der Waals surface area contributed by atoms with Crippen molar-refractivity contribution in [3.05, 3.63) is 75.2 Å². The largest absolute Gasteiger partial charge is 0.493 e. The molecule has 4 rings (SSSR count). The Morgan fingerprint density at radius 2 is 1.85 bits per heavy atom. The van der Waals surface area contributed by atoms with Crippen molar-refractivity contribution in [2.45, 2.75) is 6.61 Å². The molecule has 0 aliphatic carbocycles. The first-order chi connectivity index (χ1) is 13.1. The van der Waals surface area contributed by atoms with E-state index in [1.54, 1.807) is 7.11 Å². The van der Waals surface area contributed by atoms with Gasteiger partial charge in [0, 0.05) is 10.0 Å². The summed E-state index contributed by atoms with van der Waals surface area (Å²) in [4.78, 5) is 7.99. The number of fused-ring (bicyclic) bond motifs is 1. The molecule has 4 aromatic rings. The van der Waals surface area contributed by atoms with E-state index in [1.807, 2.05) is 60.7 Å². The van der Waals surface area contributed by atoms with Gasteiger partial charge in [-0.15, -0.1) is 0 Å². The van der Waals surface area contributed by atoms with Crippen LogP contribution in [0, 0.1) is 0 Å². The minimum atomic E-state index is 0.443. The van der Waals surface area contributed by atoms with E-state index in [-0.39, 0.29) is 0 Å². The first-order valence-corrected chi connectivity index (χ1v) is 9.92. The fourth-order valence-electron chi connectivity index (χ4n) is 2.87. The van der Waals surface area contributed by atoms with Gasteiger partial charge in [0.25, 0.3) is 0 Å². The molecular weight excluding hydrogens is 472 g/mol. The second kappa shape index (κ2) is 7.74. The summed E-state index contributed by atoms with van der Waals surface area (Å²) in [5, 5.41) is 0. The van der Waals surface area contributed by atoms with Crippen LogP contribution in [0.15, 0.2) is 69.6 Å². The van der Waals surface area contributed by atoms with Crippen LogP contribution < -0.4 is 9.47 Å². The molecule has 0 radical (unpaired) electrons. The number of ether oxygens (including phenoxy) is 2. The molecule has 1 N–H and O–H groups in total. The number of imidazole rings is 1. The second-order valence-electron chi connectivity index (χ2n) is 6.01. The molecule has 0 unspecified atom stereocenters. The van der Waals surface area contributed by atoms with Crippen LogP contribution in [0.5, 0.6) is 11.5 Å². The van der Waals surface area contributed by atoms with Gasteiger partial charge < -0.3 is 14.5 Å². The smallest absolute Gasteiger partial charge is 0.175 e. The third-order valence-electron chi connectivity index (χ3n) is 4.16. The van der Waals surface area contributed by atoms with Crippen LogP contribution in [0.1, 0.15) is 5.56 Å². The maximum atomic E-state index is 6.03. The van der Waals surface area contributed by atoms with E-state index in [2.05, 4.69) is 41.8 Å². The van der Waals surface area contributed by atoms with Crippen molar-refractivity contribution in [1.29, 1.82) is 0 Å². The first kappa shape index (κ1) is 18.1. The maximum Gasteiger partial charge on any atom is 0.175 e. The van der Waals surface area contributed by atoms with Crippen LogP contribution in [0.25, 0.3) is 22.4 Å². The molecule has 0 aliphatic rings. The van der Waals surface area contributed by atoms with Crippen LogP contribution in [0.3, 0.4) is 0 Å². The summed E-state index contributed by atoms with van der Waals surface area (Å²) in [6.07, 6.45) is 0. The number of hydrogen-bond acceptors (Lipinski definition) is 3. The summed E-state index contributed by atoms with van der Waals surface area (Å²) in [5.41, 5.74) is 3.92. The lowest BCUT2D eigenvalue weighted by Gasteiger charge is -2.14.